The number of morpholine rings is 1. The number of nitrogens with zero attached hydrogens (tertiary/aromatic N) is 1. The third kappa shape index (κ3) is 6.54. The first-order valence-electron chi connectivity index (χ1n) is 4.55. The van der Waals surface area contributed by atoms with Gasteiger partial charge in [-0.3, -0.25) is 4.90 Å². The molecule has 0 amide bonds. The molecule has 1 rings (SSSR count). The fourth-order valence-electron chi connectivity index (χ4n) is 0.917. The van der Waals surface area contributed by atoms with Crippen LogP contribution >= 0.6 is 0 Å². The van der Waals surface area contributed by atoms with Gasteiger partial charge in [0, 0.05) is 26.2 Å². The molecule has 1 heterocycles. The second-order valence-corrected chi connectivity index (χ2v) is 2.62. The van der Waals surface area contributed by atoms with Crippen LogP contribution in [0.25, 0.3) is 0 Å². The normalized spacial score (nSPS) is 18.2. The number of hydrogen-bond acceptors (Lipinski definition) is 4. The molecule has 0 aromatic heterocycles. The summed E-state index contributed by atoms with van der Waals surface area (Å²) in [4.78, 5) is 2.39. The van der Waals surface area contributed by atoms with E-state index in [0.717, 1.165) is 26.3 Å². The third-order valence-corrected chi connectivity index (χ3v) is 1.72. The van der Waals surface area contributed by atoms with Crippen LogP contribution in [0.4, 0.5) is 0 Å². The molecule has 1 aliphatic heterocycles. The Kier molecular flexibility index (Phi) is 8.81. The van der Waals surface area contributed by atoms with Gasteiger partial charge in [-0.05, 0) is 6.54 Å². The summed E-state index contributed by atoms with van der Waals surface area (Å²) in [6.45, 7) is 8.64. The van der Waals surface area contributed by atoms with E-state index in [4.69, 9.17) is 16.2 Å². The Hall–Kier alpha value is -0.160. The Labute approximate surface area is 74.8 Å². The monoisotopic (exact) mass is 175 g/mol. The zero-order chi connectivity index (χ0) is 9.23. The molecule has 0 atom stereocenters. The fourth-order valence-corrected chi connectivity index (χ4v) is 0.917. The molecule has 4 N–H and O–H groups in total. The zero-order valence-electron chi connectivity index (χ0n) is 7.96. The smallest absolute Gasteiger partial charge is 0.0594 e. The minimum atomic E-state index is 0.597. The number of likely N-dealkylation sites (N-methyl/N-ethyl adjacent to an activating group) is 1. The fraction of sp³-hybridized carbons (Fsp3) is 1.00. The van der Waals surface area contributed by atoms with Gasteiger partial charge in [0.15, 0.2) is 0 Å². The van der Waals surface area contributed by atoms with Crippen LogP contribution in [0.15, 0.2) is 0 Å². The van der Waals surface area contributed by atoms with Gasteiger partial charge in [-0.25, -0.2) is 0 Å². The maximum Gasteiger partial charge on any atom is 0.0594 e. The minimum Gasteiger partial charge on any atom is -0.379 e. The van der Waals surface area contributed by atoms with E-state index in [1.165, 1.54) is 6.54 Å². The Bertz CT molecular complexity index is 82.4. The summed E-state index contributed by atoms with van der Waals surface area (Å²) in [5, 5.41) is 0. The molecular formula is C8H21N3O. The molecule has 74 valence electrons. The highest BCUT2D eigenvalue weighted by molar-refractivity contribution is 4.57. The van der Waals surface area contributed by atoms with E-state index < -0.39 is 0 Å². The van der Waals surface area contributed by atoms with Crippen molar-refractivity contribution in [3.05, 3.63) is 0 Å². The van der Waals surface area contributed by atoms with Gasteiger partial charge in [-0.1, -0.05) is 6.92 Å². The number of rotatable bonds is 2. The van der Waals surface area contributed by atoms with Crippen LogP contribution in [-0.4, -0.2) is 50.8 Å². The van der Waals surface area contributed by atoms with Crippen LogP contribution in [-0.2, 0) is 4.74 Å². The quantitative estimate of drug-likeness (QED) is 0.579. The van der Waals surface area contributed by atoms with Crippen LogP contribution in [0.2, 0.25) is 0 Å². The van der Waals surface area contributed by atoms with Gasteiger partial charge in [-0.2, -0.15) is 0 Å². The molecule has 0 aliphatic carbocycles. The third-order valence-electron chi connectivity index (χ3n) is 1.72. The molecule has 1 fully saturated rings. The number of ether oxygens (including phenoxy) is 1. The number of hydrogen-bond donors (Lipinski definition) is 2. The molecule has 0 aromatic carbocycles. The first-order chi connectivity index (χ1) is 5.85. The molecule has 0 spiro atoms. The van der Waals surface area contributed by atoms with E-state index >= 15 is 0 Å². The highest BCUT2D eigenvalue weighted by atomic mass is 16.5. The molecule has 0 bridgehead atoms. The van der Waals surface area contributed by atoms with Gasteiger partial charge in [-0.15, -0.1) is 0 Å². The molecule has 4 nitrogen and oxygen atoms in total. The van der Waals surface area contributed by atoms with E-state index in [0.29, 0.717) is 13.1 Å². The van der Waals surface area contributed by atoms with Crippen molar-refractivity contribution in [1.82, 2.24) is 4.90 Å². The van der Waals surface area contributed by atoms with E-state index in [9.17, 15) is 0 Å². The van der Waals surface area contributed by atoms with Gasteiger partial charge in [0.05, 0.1) is 13.2 Å². The summed E-state index contributed by atoms with van der Waals surface area (Å²) >= 11 is 0. The van der Waals surface area contributed by atoms with Crippen molar-refractivity contribution < 1.29 is 4.74 Å². The van der Waals surface area contributed by atoms with Crippen molar-refractivity contribution in [2.45, 2.75) is 6.92 Å². The Morgan fingerprint density at radius 2 is 1.67 bits per heavy atom. The molecule has 0 saturated carbocycles. The first kappa shape index (κ1) is 11.8. The van der Waals surface area contributed by atoms with E-state index in [-0.39, 0.29) is 0 Å². The molecule has 0 unspecified atom stereocenters. The zero-order valence-corrected chi connectivity index (χ0v) is 7.96. The molecule has 0 radical (unpaired) electrons. The van der Waals surface area contributed by atoms with E-state index in [1.54, 1.807) is 0 Å². The lowest BCUT2D eigenvalue weighted by atomic mass is 10.4. The predicted molar refractivity (Wildman–Crippen MR) is 51.0 cm³/mol. The Morgan fingerprint density at radius 3 is 1.92 bits per heavy atom. The van der Waals surface area contributed by atoms with Crippen molar-refractivity contribution in [2.24, 2.45) is 11.5 Å². The van der Waals surface area contributed by atoms with Crippen molar-refractivity contribution in [3.63, 3.8) is 0 Å². The highest BCUT2D eigenvalue weighted by Gasteiger charge is 2.05. The van der Waals surface area contributed by atoms with Crippen molar-refractivity contribution in [3.8, 4) is 0 Å². The van der Waals surface area contributed by atoms with Crippen LogP contribution < -0.4 is 11.5 Å². The van der Waals surface area contributed by atoms with Crippen molar-refractivity contribution in [1.29, 1.82) is 0 Å². The second-order valence-electron chi connectivity index (χ2n) is 2.62. The summed E-state index contributed by atoms with van der Waals surface area (Å²) in [6.07, 6.45) is 0. The van der Waals surface area contributed by atoms with Gasteiger partial charge in [0.2, 0.25) is 0 Å². The molecule has 1 aliphatic rings. The highest BCUT2D eigenvalue weighted by Crippen LogP contribution is 1.93. The Morgan fingerprint density at radius 1 is 1.17 bits per heavy atom. The van der Waals surface area contributed by atoms with Crippen LogP contribution in [0.5, 0.6) is 0 Å². The van der Waals surface area contributed by atoms with Gasteiger partial charge < -0.3 is 16.2 Å². The van der Waals surface area contributed by atoms with Crippen molar-refractivity contribution in [2.75, 3.05) is 45.9 Å². The molecule has 0 aromatic rings. The lowest BCUT2D eigenvalue weighted by molar-refractivity contribution is 0.0405. The SMILES string of the molecule is CCN1CCOCC1.NCCN. The standard InChI is InChI=1S/C6H13NO.C2H8N2/c1-2-7-3-5-8-6-4-7;3-1-2-4/h2-6H2,1H3;1-4H2. The van der Waals surface area contributed by atoms with E-state index in [1.807, 2.05) is 0 Å². The van der Waals surface area contributed by atoms with Crippen LogP contribution in [0.3, 0.4) is 0 Å². The first-order valence-corrected chi connectivity index (χ1v) is 4.55. The maximum absolute atomic E-state index is 5.16. The van der Waals surface area contributed by atoms with Gasteiger partial charge in [0.1, 0.15) is 0 Å². The number of nitrogens with two attached hydrogens (primary N) is 2. The second kappa shape index (κ2) is 8.93. The average molecular weight is 175 g/mol. The summed E-state index contributed by atoms with van der Waals surface area (Å²) in [7, 11) is 0. The summed E-state index contributed by atoms with van der Waals surface area (Å²) in [5.41, 5.74) is 9.81. The lowest BCUT2D eigenvalue weighted by Gasteiger charge is -2.24. The topological polar surface area (TPSA) is 64.5 Å². The predicted octanol–water partition coefficient (Wildman–Crippen LogP) is -0.758. The molecule has 12 heavy (non-hydrogen) atoms. The summed E-state index contributed by atoms with van der Waals surface area (Å²) < 4.78 is 5.16. The summed E-state index contributed by atoms with van der Waals surface area (Å²) in [5.74, 6) is 0. The van der Waals surface area contributed by atoms with Crippen molar-refractivity contribution >= 4 is 0 Å². The minimum absolute atomic E-state index is 0.597. The lowest BCUT2D eigenvalue weighted by Crippen LogP contribution is -2.35. The maximum atomic E-state index is 5.16. The summed E-state index contributed by atoms with van der Waals surface area (Å²) in [6, 6.07) is 0. The molecular weight excluding hydrogens is 154 g/mol. The molecule has 1 saturated heterocycles. The van der Waals surface area contributed by atoms with Crippen LogP contribution in [0.1, 0.15) is 6.92 Å². The Balaban J connectivity index is 0.000000261. The van der Waals surface area contributed by atoms with E-state index in [2.05, 4.69) is 11.8 Å². The van der Waals surface area contributed by atoms with Gasteiger partial charge in [0.25, 0.3) is 0 Å². The van der Waals surface area contributed by atoms with Gasteiger partial charge >= 0.3 is 0 Å². The molecule has 4 heteroatoms. The largest absolute Gasteiger partial charge is 0.379 e. The average Bonchev–Trinajstić information content (AvgIpc) is 2.19. The van der Waals surface area contributed by atoms with Crippen LogP contribution in [0, 0.1) is 0 Å².